The van der Waals surface area contributed by atoms with E-state index in [2.05, 4.69) is 9.97 Å². The van der Waals surface area contributed by atoms with Gasteiger partial charge in [-0.05, 0) is 43.9 Å². The summed E-state index contributed by atoms with van der Waals surface area (Å²) < 4.78 is 0. The standard InChI is InChI=1S/C19H21ClN4O2/c1-14-6-5-7-15(10-14)24(12-17(25)23-8-3-2-4-9-23)19(26)18-16(20)11-21-13-22-18/h5-7,10-11,13H,2-4,8-9,12H2,1H3. The van der Waals surface area contributed by atoms with Gasteiger partial charge in [-0.2, -0.15) is 0 Å². The third-order valence-corrected chi connectivity index (χ3v) is 4.71. The molecule has 1 aromatic carbocycles. The van der Waals surface area contributed by atoms with Crippen LogP contribution in [-0.2, 0) is 4.79 Å². The van der Waals surface area contributed by atoms with E-state index in [1.165, 1.54) is 17.4 Å². The maximum absolute atomic E-state index is 13.1. The fraction of sp³-hybridized carbons (Fsp3) is 0.368. The van der Waals surface area contributed by atoms with Crippen LogP contribution in [-0.4, -0.2) is 46.3 Å². The Hall–Kier alpha value is -2.47. The number of rotatable bonds is 4. The first kappa shape index (κ1) is 18.3. The maximum Gasteiger partial charge on any atom is 0.279 e. The zero-order valence-electron chi connectivity index (χ0n) is 14.7. The van der Waals surface area contributed by atoms with Gasteiger partial charge in [-0.25, -0.2) is 9.97 Å². The number of aryl methyl sites for hydroxylation is 1. The lowest BCUT2D eigenvalue weighted by molar-refractivity contribution is -0.130. The van der Waals surface area contributed by atoms with Crippen LogP contribution in [0, 0.1) is 6.92 Å². The summed E-state index contributed by atoms with van der Waals surface area (Å²) in [6, 6.07) is 7.48. The molecule has 2 amide bonds. The van der Waals surface area contributed by atoms with E-state index in [0.717, 1.165) is 37.9 Å². The molecule has 7 heteroatoms. The molecule has 0 atom stereocenters. The van der Waals surface area contributed by atoms with Gasteiger partial charge in [0.15, 0.2) is 5.69 Å². The fourth-order valence-corrected chi connectivity index (χ4v) is 3.24. The summed E-state index contributed by atoms with van der Waals surface area (Å²) in [5.41, 5.74) is 1.74. The summed E-state index contributed by atoms with van der Waals surface area (Å²) >= 11 is 6.10. The SMILES string of the molecule is Cc1cccc(N(CC(=O)N2CCCCC2)C(=O)c2ncncc2Cl)c1. The Labute approximate surface area is 157 Å². The van der Waals surface area contributed by atoms with Crippen LogP contribution in [0.15, 0.2) is 36.8 Å². The van der Waals surface area contributed by atoms with Gasteiger partial charge in [-0.3, -0.25) is 14.5 Å². The second kappa shape index (κ2) is 8.27. The Morgan fingerprint density at radius 2 is 2.00 bits per heavy atom. The minimum Gasteiger partial charge on any atom is -0.341 e. The van der Waals surface area contributed by atoms with Crippen LogP contribution in [0.3, 0.4) is 0 Å². The largest absolute Gasteiger partial charge is 0.341 e. The molecule has 1 aliphatic rings. The van der Waals surface area contributed by atoms with Crippen molar-refractivity contribution in [2.75, 3.05) is 24.5 Å². The second-order valence-corrected chi connectivity index (χ2v) is 6.80. The number of aromatic nitrogens is 2. The van der Waals surface area contributed by atoms with Gasteiger partial charge in [0, 0.05) is 25.0 Å². The van der Waals surface area contributed by atoms with Gasteiger partial charge in [0.2, 0.25) is 5.91 Å². The molecule has 6 nitrogen and oxygen atoms in total. The predicted molar refractivity (Wildman–Crippen MR) is 100 cm³/mol. The predicted octanol–water partition coefficient (Wildman–Crippen LogP) is 3.10. The van der Waals surface area contributed by atoms with Gasteiger partial charge >= 0.3 is 0 Å². The van der Waals surface area contributed by atoms with Crippen LogP contribution in [0.2, 0.25) is 5.02 Å². The monoisotopic (exact) mass is 372 g/mol. The Kier molecular flexibility index (Phi) is 5.83. The summed E-state index contributed by atoms with van der Waals surface area (Å²) in [7, 11) is 0. The lowest BCUT2D eigenvalue weighted by Crippen LogP contribution is -2.45. The van der Waals surface area contributed by atoms with Crippen molar-refractivity contribution in [1.29, 1.82) is 0 Å². The minimum absolute atomic E-state index is 0.0391. The number of halogens is 1. The molecule has 0 N–H and O–H groups in total. The van der Waals surface area contributed by atoms with E-state index in [0.29, 0.717) is 5.69 Å². The molecule has 1 saturated heterocycles. The minimum atomic E-state index is -0.409. The van der Waals surface area contributed by atoms with E-state index in [-0.39, 0.29) is 23.2 Å². The van der Waals surface area contributed by atoms with E-state index in [1.54, 1.807) is 0 Å². The molecule has 0 saturated carbocycles. The van der Waals surface area contributed by atoms with Crippen molar-refractivity contribution in [1.82, 2.24) is 14.9 Å². The second-order valence-electron chi connectivity index (χ2n) is 6.39. The number of carbonyl (C=O) groups is 2. The zero-order chi connectivity index (χ0) is 18.5. The van der Waals surface area contributed by atoms with Crippen LogP contribution in [0.1, 0.15) is 35.3 Å². The highest BCUT2D eigenvalue weighted by atomic mass is 35.5. The van der Waals surface area contributed by atoms with Crippen LogP contribution >= 0.6 is 11.6 Å². The van der Waals surface area contributed by atoms with E-state index < -0.39 is 5.91 Å². The first-order valence-electron chi connectivity index (χ1n) is 8.68. The molecule has 1 fully saturated rings. The zero-order valence-corrected chi connectivity index (χ0v) is 15.4. The Bertz CT molecular complexity index is 806. The van der Waals surface area contributed by atoms with Crippen molar-refractivity contribution in [3.63, 3.8) is 0 Å². The highest BCUT2D eigenvalue weighted by Crippen LogP contribution is 2.21. The van der Waals surface area contributed by atoms with Crippen LogP contribution in [0.25, 0.3) is 0 Å². The molecule has 0 aliphatic carbocycles. The number of anilines is 1. The molecule has 2 heterocycles. The number of benzene rings is 1. The summed E-state index contributed by atoms with van der Waals surface area (Å²) in [5.74, 6) is -0.474. The van der Waals surface area contributed by atoms with Crippen molar-refractivity contribution in [2.24, 2.45) is 0 Å². The highest BCUT2D eigenvalue weighted by molar-refractivity contribution is 6.34. The number of nitrogens with zero attached hydrogens (tertiary/aromatic N) is 4. The number of likely N-dealkylation sites (tertiary alicyclic amines) is 1. The van der Waals surface area contributed by atoms with Crippen LogP contribution in [0.5, 0.6) is 0 Å². The number of amides is 2. The molecular formula is C19H21ClN4O2. The lowest BCUT2D eigenvalue weighted by Gasteiger charge is -2.30. The van der Waals surface area contributed by atoms with Crippen LogP contribution in [0.4, 0.5) is 5.69 Å². The molecule has 136 valence electrons. The van der Waals surface area contributed by atoms with Gasteiger partial charge in [0.05, 0.1) is 5.02 Å². The fourth-order valence-electron chi connectivity index (χ4n) is 3.05. The average Bonchev–Trinajstić information content (AvgIpc) is 2.66. The summed E-state index contributed by atoms with van der Waals surface area (Å²) in [5, 5.41) is 0.167. The first-order valence-corrected chi connectivity index (χ1v) is 9.06. The van der Waals surface area contributed by atoms with E-state index in [4.69, 9.17) is 11.6 Å². The first-order chi connectivity index (χ1) is 12.6. The van der Waals surface area contributed by atoms with Gasteiger partial charge in [-0.15, -0.1) is 0 Å². The molecular weight excluding hydrogens is 352 g/mol. The molecule has 2 aromatic rings. The van der Waals surface area contributed by atoms with Gasteiger partial charge in [-0.1, -0.05) is 23.7 Å². The van der Waals surface area contributed by atoms with Gasteiger partial charge in [0.1, 0.15) is 12.9 Å². The van der Waals surface area contributed by atoms with Crippen LogP contribution < -0.4 is 4.90 Å². The summed E-state index contributed by atoms with van der Waals surface area (Å²) in [6.07, 6.45) is 5.80. The van der Waals surface area contributed by atoms with Gasteiger partial charge in [0.25, 0.3) is 5.91 Å². The molecule has 1 aromatic heterocycles. The summed E-state index contributed by atoms with van der Waals surface area (Å²) in [6.45, 7) is 3.38. The number of piperidine rings is 1. The van der Waals surface area contributed by atoms with Crippen molar-refractivity contribution in [3.05, 3.63) is 53.1 Å². The normalized spacial score (nSPS) is 14.2. The molecule has 0 unspecified atom stereocenters. The molecule has 26 heavy (non-hydrogen) atoms. The number of hydrogen-bond donors (Lipinski definition) is 0. The number of carbonyl (C=O) groups excluding carboxylic acids is 2. The summed E-state index contributed by atoms with van der Waals surface area (Å²) in [4.78, 5) is 36.9. The Morgan fingerprint density at radius 1 is 1.23 bits per heavy atom. The molecule has 0 spiro atoms. The van der Waals surface area contributed by atoms with E-state index in [9.17, 15) is 9.59 Å². The smallest absolute Gasteiger partial charge is 0.279 e. The Morgan fingerprint density at radius 3 is 2.69 bits per heavy atom. The van der Waals surface area contributed by atoms with Gasteiger partial charge < -0.3 is 4.90 Å². The van der Waals surface area contributed by atoms with Crippen molar-refractivity contribution >= 4 is 29.1 Å². The average molecular weight is 373 g/mol. The van der Waals surface area contributed by atoms with Crippen molar-refractivity contribution < 1.29 is 9.59 Å². The van der Waals surface area contributed by atoms with Crippen molar-refractivity contribution in [3.8, 4) is 0 Å². The highest BCUT2D eigenvalue weighted by Gasteiger charge is 2.26. The third-order valence-electron chi connectivity index (χ3n) is 4.43. The molecule has 1 aliphatic heterocycles. The molecule has 0 bridgehead atoms. The lowest BCUT2D eigenvalue weighted by atomic mass is 10.1. The molecule has 3 rings (SSSR count). The Balaban J connectivity index is 1.90. The third kappa shape index (κ3) is 4.19. The number of hydrogen-bond acceptors (Lipinski definition) is 4. The van der Waals surface area contributed by atoms with E-state index in [1.807, 2.05) is 36.1 Å². The topological polar surface area (TPSA) is 66.4 Å². The maximum atomic E-state index is 13.1. The quantitative estimate of drug-likeness (QED) is 0.827. The van der Waals surface area contributed by atoms with E-state index >= 15 is 0 Å². The van der Waals surface area contributed by atoms with Crippen molar-refractivity contribution in [2.45, 2.75) is 26.2 Å². The molecule has 0 radical (unpaired) electrons.